The molecule has 0 aliphatic carbocycles. The third-order valence-corrected chi connectivity index (χ3v) is 6.25. The molecular formula is C19H19FN4O3S2. The number of rotatable bonds is 8. The Kier molecular flexibility index (Phi) is 6.55. The van der Waals surface area contributed by atoms with Gasteiger partial charge in [-0.2, -0.15) is 0 Å². The van der Waals surface area contributed by atoms with Crippen LogP contribution in [0, 0.1) is 5.82 Å². The van der Waals surface area contributed by atoms with Crippen molar-refractivity contribution in [1.29, 1.82) is 0 Å². The number of hydrogen-bond acceptors (Lipinski definition) is 6. The summed E-state index contributed by atoms with van der Waals surface area (Å²) in [6.07, 6.45) is 2.89. The van der Waals surface area contributed by atoms with Crippen molar-refractivity contribution >= 4 is 38.1 Å². The molecule has 0 atom stereocenters. The molecule has 2 aromatic carbocycles. The fraction of sp³-hybridized carbons (Fsp3) is 0.211. The Bertz CT molecular complexity index is 1080. The molecule has 7 nitrogen and oxygen atoms in total. The van der Waals surface area contributed by atoms with Gasteiger partial charge in [0.15, 0.2) is 0 Å². The minimum atomic E-state index is -3.85. The van der Waals surface area contributed by atoms with Crippen LogP contribution in [-0.4, -0.2) is 24.5 Å². The number of benzene rings is 2. The molecule has 29 heavy (non-hydrogen) atoms. The molecule has 0 aliphatic heterocycles. The van der Waals surface area contributed by atoms with Crippen molar-refractivity contribution in [3.63, 3.8) is 0 Å². The quantitative estimate of drug-likeness (QED) is 0.556. The van der Waals surface area contributed by atoms with Gasteiger partial charge in [0.05, 0.1) is 4.90 Å². The maximum atomic E-state index is 13.0. The average molecular weight is 435 g/mol. The molecule has 3 rings (SSSR count). The number of aromatic nitrogens is 2. The van der Waals surface area contributed by atoms with Crippen LogP contribution < -0.4 is 10.0 Å². The van der Waals surface area contributed by atoms with E-state index in [0.717, 1.165) is 36.4 Å². The van der Waals surface area contributed by atoms with E-state index in [-0.39, 0.29) is 16.5 Å². The van der Waals surface area contributed by atoms with E-state index in [1.807, 2.05) is 0 Å². The topological polar surface area (TPSA) is 101 Å². The second-order valence-corrected chi connectivity index (χ2v) is 8.94. The van der Waals surface area contributed by atoms with E-state index in [9.17, 15) is 17.6 Å². The van der Waals surface area contributed by atoms with Crippen molar-refractivity contribution in [2.45, 2.75) is 31.1 Å². The Labute approximate surface area is 172 Å². The van der Waals surface area contributed by atoms with E-state index < -0.39 is 15.8 Å². The third-order valence-electron chi connectivity index (χ3n) is 3.95. The Morgan fingerprint density at radius 3 is 2.41 bits per heavy atom. The van der Waals surface area contributed by atoms with Crippen LogP contribution in [0.2, 0.25) is 0 Å². The molecule has 10 heteroatoms. The smallest absolute Gasteiger partial charge is 0.261 e. The fourth-order valence-corrected chi connectivity index (χ4v) is 4.26. The number of halogens is 1. The van der Waals surface area contributed by atoms with E-state index >= 15 is 0 Å². The van der Waals surface area contributed by atoms with Crippen molar-refractivity contribution < 1.29 is 17.6 Å². The van der Waals surface area contributed by atoms with Crippen LogP contribution in [0.4, 0.5) is 15.2 Å². The first-order chi connectivity index (χ1) is 13.9. The number of sulfonamides is 1. The summed E-state index contributed by atoms with van der Waals surface area (Å²) in [5, 5.41) is 12.0. The Hall–Kier alpha value is -2.85. The van der Waals surface area contributed by atoms with Gasteiger partial charge in [-0.25, -0.2) is 12.8 Å². The molecule has 0 aliphatic rings. The zero-order valence-electron chi connectivity index (χ0n) is 15.6. The van der Waals surface area contributed by atoms with Gasteiger partial charge in [-0.05, 0) is 55.0 Å². The van der Waals surface area contributed by atoms with Gasteiger partial charge in [0.25, 0.3) is 15.9 Å². The van der Waals surface area contributed by atoms with Crippen LogP contribution in [0.15, 0.2) is 53.4 Å². The van der Waals surface area contributed by atoms with Crippen molar-refractivity contribution in [3.8, 4) is 0 Å². The highest BCUT2D eigenvalue weighted by Gasteiger charge is 2.15. The molecule has 1 amide bonds. The minimum absolute atomic E-state index is 0.0594. The van der Waals surface area contributed by atoms with E-state index in [1.54, 1.807) is 0 Å². The molecule has 0 radical (unpaired) electrons. The highest BCUT2D eigenvalue weighted by atomic mass is 32.2. The number of amides is 1. The number of anilines is 2. The van der Waals surface area contributed by atoms with Crippen LogP contribution in [0.25, 0.3) is 0 Å². The maximum Gasteiger partial charge on any atom is 0.261 e. The summed E-state index contributed by atoms with van der Waals surface area (Å²) in [4.78, 5) is 12.3. The van der Waals surface area contributed by atoms with Crippen LogP contribution in [0.3, 0.4) is 0 Å². The van der Waals surface area contributed by atoms with Crippen molar-refractivity contribution in [2.24, 2.45) is 0 Å². The molecule has 2 N–H and O–H groups in total. The lowest BCUT2D eigenvalue weighted by Gasteiger charge is -2.09. The van der Waals surface area contributed by atoms with Gasteiger partial charge in [0.1, 0.15) is 10.8 Å². The molecule has 0 spiro atoms. The second kappa shape index (κ2) is 9.10. The van der Waals surface area contributed by atoms with E-state index in [0.29, 0.717) is 10.7 Å². The molecule has 0 saturated carbocycles. The predicted molar refractivity (Wildman–Crippen MR) is 110 cm³/mol. The third kappa shape index (κ3) is 5.58. The van der Waals surface area contributed by atoms with Crippen molar-refractivity contribution in [3.05, 3.63) is 64.9 Å². The molecule has 152 valence electrons. The highest BCUT2D eigenvalue weighted by Crippen LogP contribution is 2.20. The average Bonchev–Trinajstić information content (AvgIpc) is 3.14. The summed E-state index contributed by atoms with van der Waals surface area (Å²) in [7, 11) is -3.85. The zero-order valence-corrected chi connectivity index (χ0v) is 17.2. The molecule has 0 bridgehead atoms. The van der Waals surface area contributed by atoms with Gasteiger partial charge in [-0.15, -0.1) is 10.2 Å². The number of hydrogen-bond donors (Lipinski definition) is 2. The summed E-state index contributed by atoms with van der Waals surface area (Å²) in [5.74, 6) is -0.886. The number of unbranched alkanes of at least 4 members (excludes halogenated alkanes) is 1. The molecule has 1 heterocycles. The Morgan fingerprint density at radius 2 is 1.76 bits per heavy atom. The minimum Gasteiger partial charge on any atom is -0.296 e. The predicted octanol–water partition coefficient (Wildman–Crippen LogP) is 4.07. The molecule has 0 unspecified atom stereocenters. The maximum absolute atomic E-state index is 13.0. The number of nitrogens with one attached hydrogen (secondary N) is 2. The lowest BCUT2D eigenvalue weighted by atomic mass is 10.2. The molecule has 0 fully saturated rings. The first kappa shape index (κ1) is 20.9. The highest BCUT2D eigenvalue weighted by molar-refractivity contribution is 7.92. The zero-order chi connectivity index (χ0) is 20.9. The van der Waals surface area contributed by atoms with Crippen LogP contribution in [0.1, 0.15) is 35.1 Å². The Morgan fingerprint density at radius 1 is 1.07 bits per heavy atom. The van der Waals surface area contributed by atoms with Crippen LogP contribution in [-0.2, 0) is 16.4 Å². The summed E-state index contributed by atoms with van der Waals surface area (Å²) in [5.41, 5.74) is 0.628. The SMILES string of the molecule is CCCCc1nnc(NC(=O)c2ccc(NS(=O)(=O)c3ccc(F)cc3)cc2)s1. The molecular weight excluding hydrogens is 415 g/mol. The first-order valence-corrected chi connectivity index (χ1v) is 11.2. The summed E-state index contributed by atoms with van der Waals surface area (Å²) < 4.78 is 40.0. The number of carbonyl (C=O) groups is 1. The monoisotopic (exact) mass is 434 g/mol. The van der Waals surface area contributed by atoms with E-state index in [4.69, 9.17) is 0 Å². The van der Waals surface area contributed by atoms with Gasteiger partial charge in [0, 0.05) is 17.7 Å². The van der Waals surface area contributed by atoms with Gasteiger partial charge in [-0.1, -0.05) is 24.7 Å². The van der Waals surface area contributed by atoms with Crippen LogP contribution >= 0.6 is 11.3 Å². The fourth-order valence-electron chi connectivity index (χ4n) is 2.42. The van der Waals surface area contributed by atoms with Gasteiger partial charge < -0.3 is 0 Å². The molecule has 1 aromatic heterocycles. The second-order valence-electron chi connectivity index (χ2n) is 6.20. The van der Waals surface area contributed by atoms with E-state index in [2.05, 4.69) is 27.2 Å². The lowest BCUT2D eigenvalue weighted by Crippen LogP contribution is -2.14. The summed E-state index contributed by atoms with van der Waals surface area (Å²) in [6, 6.07) is 10.4. The van der Waals surface area contributed by atoms with E-state index in [1.165, 1.54) is 47.7 Å². The van der Waals surface area contributed by atoms with Crippen molar-refractivity contribution in [2.75, 3.05) is 10.0 Å². The van der Waals surface area contributed by atoms with Gasteiger partial charge in [0.2, 0.25) is 5.13 Å². The summed E-state index contributed by atoms with van der Waals surface area (Å²) in [6.45, 7) is 2.09. The summed E-state index contributed by atoms with van der Waals surface area (Å²) >= 11 is 1.33. The molecule has 0 saturated heterocycles. The van der Waals surface area contributed by atoms with Crippen molar-refractivity contribution in [1.82, 2.24) is 10.2 Å². The van der Waals surface area contributed by atoms with Gasteiger partial charge in [-0.3, -0.25) is 14.8 Å². The lowest BCUT2D eigenvalue weighted by molar-refractivity contribution is 0.102. The van der Waals surface area contributed by atoms with Crippen LogP contribution in [0.5, 0.6) is 0 Å². The number of carbonyl (C=O) groups excluding carboxylic acids is 1. The number of aryl methyl sites for hydroxylation is 1. The first-order valence-electron chi connectivity index (χ1n) is 8.89. The normalized spacial score (nSPS) is 11.2. The largest absolute Gasteiger partial charge is 0.296 e. The van der Waals surface area contributed by atoms with Gasteiger partial charge >= 0.3 is 0 Å². The number of nitrogens with zero attached hydrogens (tertiary/aromatic N) is 2. The standard InChI is InChI=1S/C19H19FN4O3S2/c1-2-3-4-17-22-23-19(28-17)21-18(25)13-5-9-15(10-6-13)24-29(26,27)16-11-7-14(20)8-12-16/h5-12,24H,2-4H2,1H3,(H,21,23,25). The molecule has 3 aromatic rings. The Balaban J connectivity index is 1.64.